The number of thiazole rings is 1. The van der Waals surface area contributed by atoms with Crippen molar-refractivity contribution < 1.29 is 4.79 Å². The molecule has 0 unspecified atom stereocenters. The molecule has 0 radical (unpaired) electrons. The van der Waals surface area contributed by atoms with Gasteiger partial charge in [-0.3, -0.25) is 15.1 Å². The van der Waals surface area contributed by atoms with Crippen LogP contribution in [0.3, 0.4) is 0 Å². The summed E-state index contributed by atoms with van der Waals surface area (Å²) in [7, 11) is 0. The van der Waals surface area contributed by atoms with Crippen molar-refractivity contribution in [2.75, 3.05) is 10.3 Å². The number of para-hydroxylation sites is 1. The summed E-state index contributed by atoms with van der Waals surface area (Å²) in [6, 6.07) is 27.0. The third-order valence-electron chi connectivity index (χ3n) is 5.26. The number of halogens is 1. The van der Waals surface area contributed by atoms with E-state index in [4.69, 9.17) is 11.6 Å². The summed E-state index contributed by atoms with van der Waals surface area (Å²) < 4.78 is 0. The monoisotopic (exact) mass is 458 g/mol. The lowest BCUT2D eigenvalue weighted by molar-refractivity contribution is -0.116. The number of rotatable bonds is 5. The van der Waals surface area contributed by atoms with E-state index >= 15 is 0 Å². The van der Waals surface area contributed by atoms with Crippen LogP contribution in [-0.2, 0) is 4.79 Å². The van der Waals surface area contributed by atoms with E-state index in [-0.39, 0.29) is 18.4 Å². The maximum atomic E-state index is 13.0. The summed E-state index contributed by atoms with van der Waals surface area (Å²) in [6.45, 7) is 0. The van der Waals surface area contributed by atoms with Crippen molar-refractivity contribution in [2.45, 2.75) is 12.5 Å². The van der Waals surface area contributed by atoms with Crippen LogP contribution in [0.5, 0.6) is 0 Å². The summed E-state index contributed by atoms with van der Waals surface area (Å²) in [5.41, 5.74) is 7.54. The number of hydrogen-bond acceptors (Lipinski definition) is 5. The minimum absolute atomic E-state index is 0.0200. The second-order valence-corrected chi connectivity index (χ2v) is 8.64. The molecule has 0 bridgehead atoms. The summed E-state index contributed by atoms with van der Waals surface area (Å²) in [6.07, 6.45) is 0.247. The van der Waals surface area contributed by atoms with Crippen molar-refractivity contribution in [2.24, 2.45) is 5.10 Å². The van der Waals surface area contributed by atoms with Crippen molar-refractivity contribution in [3.8, 4) is 11.3 Å². The number of amides is 1. The Morgan fingerprint density at radius 3 is 2.38 bits per heavy atom. The predicted octanol–water partition coefficient (Wildman–Crippen LogP) is 6.41. The van der Waals surface area contributed by atoms with E-state index in [1.165, 1.54) is 11.3 Å². The lowest BCUT2D eigenvalue weighted by Gasteiger charge is -2.25. The zero-order valence-electron chi connectivity index (χ0n) is 17.0. The highest BCUT2D eigenvalue weighted by molar-refractivity contribution is 7.14. The van der Waals surface area contributed by atoms with Crippen LogP contribution in [-0.4, -0.2) is 16.6 Å². The maximum absolute atomic E-state index is 13.0. The minimum Gasteiger partial charge on any atom is -0.299 e. The zero-order chi connectivity index (χ0) is 21.9. The largest absolute Gasteiger partial charge is 0.299 e. The van der Waals surface area contributed by atoms with E-state index in [2.05, 4.69) is 15.5 Å². The molecule has 7 heteroatoms. The molecule has 1 aliphatic rings. The molecule has 3 aromatic carbocycles. The van der Waals surface area contributed by atoms with Crippen molar-refractivity contribution in [3.05, 3.63) is 101 Å². The van der Waals surface area contributed by atoms with Gasteiger partial charge in [0.2, 0.25) is 11.0 Å². The van der Waals surface area contributed by atoms with Gasteiger partial charge in [0.15, 0.2) is 0 Å². The lowest BCUT2D eigenvalue weighted by Crippen LogP contribution is -2.28. The van der Waals surface area contributed by atoms with Gasteiger partial charge in [-0.2, -0.15) is 5.10 Å². The Labute approximate surface area is 195 Å². The zero-order valence-corrected chi connectivity index (χ0v) is 18.6. The van der Waals surface area contributed by atoms with E-state index in [0.29, 0.717) is 10.2 Å². The summed E-state index contributed by atoms with van der Waals surface area (Å²) in [4.78, 5) is 19.4. The first kappa shape index (κ1) is 20.4. The van der Waals surface area contributed by atoms with E-state index in [1.807, 2.05) is 95.2 Å². The molecule has 0 saturated carbocycles. The number of nitrogens with one attached hydrogen (secondary N) is 1. The summed E-state index contributed by atoms with van der Waals surface area (Å²) in [5, 5.41) is 7.95. The fourth-order valence-electron chi connectivity index (χ4n) is 3.79. The smallest absolute Gasteiger partial charge is 0.233 e. The molecular formula is C25H19ClN4OS. The fraction of sp³-hybridized carbons (Fsp3) is 0.0800. The number of benzene rings is 3. The van der Waals surface area contributed by atoms with Gasteiger partial charge in [0.05, 0.1) is 17.8 Å². The Kier molecular flexibility index (Phi) is 5.71. The molecule has 158 valence electrons. The highest BCUT2D eigenvalue weighted by Crippen LogP contribution is 2.35. The molecule has 0 spiro atoms. The van der Waals surface area contributed by atoms with Crippen LogP contribution in [0.2, 0.25) is 5.02 Å². The van der Waals surface area contributed by atoms with Crippen LogP contribution in [0.1, 0.15) is 18.0 Å². The Bertz CT molecular complexity index is 1260. The normalized spacial score (nSPS) is 17.2. The highest BCUT2D eigenvalue weighted by Gasteiger charge is 2.39. The molecule has 4 aromatic rings. The number of carbonyl (C=O) groups excluding carboxylic acids is 1. The molecule has 1 amide bonds. The predicted molar refractivity (Wildman–Crippen MR) is 131 cm³/mol. The Morgan fingerprint density at radius 1 is 0.969 bits per heavy atom. The first-order valence-corrected chi connectivity index (χ1v) is 11.4. The Hall–Kier alpha value is -3.48. The van der Waals surface area contributed by atoms with Crippen LogP contribution < -0.4 is 10.3 Å². The van der Waals surface area contributed by atoms with Crippen molar-refractivity contribution >= 4 is 45.4 Å². The van der Waals surface area contributed by atoms with Crippen LogP contribution in [0.15, 0.2) is 95.4 Å². The SMILES string of the molecule is O=C1C/C(=N\Nc2nc(-c3ccc(Cl)cc3)cs2)[C@@H](c2ccccc2)N1c1ccccc1. The molecule has 1 saturated heterocycles. The number of hydrogen-bond donors (Lipinski definition) is 1. The molecule has 5 rings (SSSR count). The van der Waals surface area contributed by atoms with Crippen LogP contribution in [0.4, 0.5) is 10.8 Å². The lowest BCUT2D eigenvalue weighted by atomic mass is 10.0. The molecule has 2 heterocycles. The molecule has 32 heavy (non-hydrogen) atoms. The molecule has 1 N–H and O–H groups in total. The van der Waals surface area contributed by atoms with Crippen LogP contribution in [0, 0.1) is 0 Å². The van der Waals surface area contributed by atoms with E-state index in [0.717, 1.165) is 28.2 Å². The maximum Gasteiger partial charge on any atom is 0.233 e. The summed E-state index contributed by atoms with van der Waals surface area (Å²) >= 11 is 7.45. The fourth-order valence-corrected chi connectivity index (χ4v) is 4.57. The first-order valence-electron chi connectivity index (χ1n) is 10.1. The molecular weight excluding hydrogens is 440 g/mol. The number of anilines is 2. The van der Waals surface area contributed by atoms with Gasteiger partial charge in [0.25, 0.3) is 0 Å². The second-order valence-electron chi connectivity index (χ2n) is 7.35. The third kappa shape index (κ3) is 4.15. The molecule has 5 nitrogen and oxygen atoms in total. The van der Waals surface area contributed by atoms with Gasteiger partial charge in [-0.15, -0.1) is 11.3 Å². The third-order valence-corrected chi connectivity index (χ3v) is 6.26. The quantitative estimate of drug-likeness (QED) is 0.351. The minimum atomic E-state index is -0.269. The number of hydrazone groups is 1. The van der Waals surface area contributed by atoms with Gasteiger partial charge in [-0.25, -0.2) is 4.98 Å². The van der Waals surface area contributed by atoms with Crippen molar-refractivity contribution in [1.82, 2.24) is 4.98 Å². The number of nitrogens with zero attached hydrogens (tertiary/aromatic N) is 3. The van der Waals surface area contributed by atoms with E-state index < -0.39 is 0 Å². The average molecular weight is 459 g/mol. The topological polar surface area (TPSA) is 57.6 Å². The van der Waals surface area contributed by atoms with E-state index in [1.54, 1.807) is 0 Å². The van der Waals surface area contributed by atoms with Gasteiger partial charge in [-0.05, 0) is 29.8 Å². The highest BCUT2D eigenvalue weighted by atomic mass is 35.5. The van der Waals surface area contributed by atoms with Gasteiger partial charge in [0, 0.05) is 21.7 Å². The molecule has 1 aliphatic heterocycles. The Morgan fingerprint density at radius 2 is 1.66 bits per heavy atom. The van der Waals surface area contributed by atoms with Gasteiger partial charge >= 0.3 is 0 Å². The molecule has 1 fully saturated rings. The first-order chi connectivity index (χ1) is 15.7. The second kappa shape index (κ2) is 8.94. The van der Waals surface area contributed by atoms with Gasteiger partial charge in [0.1, 0.15) is 6.04 Å². The standard InChI is InChI=1S/C25H19ClN4OS/c26-19-13-11-17(12-14-19)22-16-32-25(27-22)29-28-21-15-23(31)30(20-9-5-2-6-10-20)24(21)18-7-3-1-4-8-18/h1-14,16,24H,15H2,(H,27,29)/b28-21+/t24-/m1/s1. The van der Waals surface area contributed by atoms with Crippen LogP contribution >= 0.6 is 22.9 Å². The van der Waals surface area contributed by atoms with Crippen LogP contribution in [0.25, 0.3) is 11.3 Å². The number of aromatic nitrogens is 1. The molecule has 1 aromatic heterocycles. The number of carbonyl (C=O) groups is 1. The van der Waals surface area contributed by atoms with Gasteiger partial charge < -0.3 is 0 Å². The Balaban J connectivity index is 1.44. The molecule has 0 aliphatic carbocycles. The average Bonchev–Trinajstić information content (AvgIpc) is 3.43. The van der Waals surface area contributed by atoms with E-state index in [9.17, 15) is 4.79 Å². The molecule has 1 atom stereocenters. The summed E-state index contributed by atoms with van der Waals surface area (Å²) in [5.74, 6) is 0.0200. The van der Waals surface area contributed by atoms with Crippen molar-refractivity contribution in [1.29, 1.82) is 0 Å². The van der Waals surface area contributed by atoms with Crippen molar-refractivity contribution in [3.63, 3.8) is 0 Å². The van der Waals surface area contributed by atoms with Gasteiger partial charge in [-0.1, -0.05) is 72.3 Å².